The van der Waals surface area contributed by atoms with Crippen molar-refractivity contribution in [2.45, 2.75) is 11.8 Å². The number of benzene rings is 2. The van der Waals surface area contributed by atoms with Gasteiger partial charge in [-0.25, -0.2) is 8.42 Å². The Bertz CT molecular complexity index is 1110. The summed E-state index contributed by atoms with van der Waals surface area (Å²) in [5, 5.41) is 6.62. The lowest BCUT2D eigenvalue weighted by atomic mass is 10.1. The number of amides is 1. The topological polar surface area (TPSA) is 115 Å². The highest BCUT2D eigenvalue weighted by atomic mass is 32.2. The van der Waals surface area contributed by atoms with Crippen molar-refractivity contribution < 1.29 is 22.6 Å². The zero-order valence-electron chi connectivity index (χ0n) is 15.4. The van der Waals surface area contributed by atoms with E-state index in [1.807, 2.05) is 0 Å². The number of carbonyl (C=O) groups is 1. The van der Waals surface area contributed by atoms with Crippen molar-refractivity contribution in [3.63, 3.8) is 0 Å². The third-order valence-electron chi connectivity index (χ3n) is 3.93. The molecule has 1 aromatic heterocycles. The highest BCUT2D eigenvalue weighted by Crippen LogP contribution is 2.26. The Labute approximate surface area is 161 Å². The van der Waals surface area contributed by atoms with E-state index in [1.54, 1.807) is 31.2 Å². The largest absolute Gasteiger partial charge is 0.339 e. The molecule has 1 heterocycles. The molecule has 0 saturated heterocycles. The standard InChI is InChI=1S/C18H18N4O5S/c1-12-19-17(21-27-12)15-9-4-5-10-16(15)20-18(23)13-7-6-8-14(11-13)28(24,25)22(2)26-3/h4-11H,1-3H3,(H,20,23). The Hall–Kier alpha value is -3.08. The van der Waals surface area contributed by atoms with Gasteiger partial charge in [-0.3, -0.25) is 9.63 Å². The quantitative estimate of drug-likeness (QED) is 0.630. The maximum absolute atomic E-state index is 12.7. The van der Waals surface area contributed by atoms with Crippen molar-refractivity contribution in [2.24, 2.45) is 0 Å². The zero-order chi connectivity index (χ0) is 20.3. The number of para-hydroxylation sites is 1. The van der Waals surface area contributed by atoms with Crippen LogP contribution >= 0.6 is 0 Å². The molecule has 3 aromatic rings. The van der Waals surface area contributed by atoms with Crippen LogP contribution in [0.15, 0.2) is 57.9 Å². The first kappa shape index (κ1) is 19.7. The van der Waals surface area contributed by atoms with Gasteiger partial charge < -0.3 is 9.84 Å². The second-order valence-corrected chi connectivity index (χ2v) is 7.70. The minimum absolute atomic E-state index is 0.0634. The lowest BCUT2D eigenvalue weighted by Crippen LogP contribution is -2.26. The minimum atomic E-state index is -3.87. The third kappa shape index (κ3) is 3.93. The number of hydroxylamine groups is 1. The number of nitrogens with one attached hydrogen (secondary N) is 1. The average molecular weight is 402 g/mol. The van der Waals surface area contributed by atoms with E-state index in [0.717, 1.165) is 4.47 Å². The van der Waals surface area contributed by atoms with E-state index in [-0.39, 0.29) is 10.5 Å². The molecule has 9 nitrogen and oxygen atoms in total. The molecule has 0 fully saturated rings. The van der Waals surface area contributed by atoms with E-state index < -0.39 is 15.9 Å². The van der Waals surface area contributed by atoms with E-state index in [1.165, 1.54) is 38.4 Å². The summed E-state index contributed by atoms with van der Waals surface area (Å²) in [6, 6.07) is 12.6. The Balaban J connectivity index is 1.90. The Morgan fingerprint density at radius 2 is 1.93 bits per heavy atom. The van der Waals surface area contributed by atoms with E-state index in [9.17, 15) is 13.2 Å². The highest BCUT2D eigenvalue weighted by Gasteiger charge is 2.22. The molecule has 0 atom stereocenters. The number of aromatic nitrogens is 2. The van der Waals surface area contributed by atoms with E-state index in [4.69, 9.17) is 9.36 Å². The highest BCUT2D eigenvalue weighted by molar-refractivity contribution is 7.89. The Kier molecular flexibility index (Phi) is 5.54. The first-order valence-corrected chi connectivity index (χ1v) is 9.61. The number of rotatable bonds is 6. The van der Waals surface area contributed by atoms with Crippen molar-refractivity contribution in [3.8, 4) is 11.4 Å². The van der Waals surface area contributed by atoms with E-state index in [2.05, 4.69) is 15.5 Å². The number of aryl methyl sites for hydroxylation is 1. The Morgan fingerprint density at radius 1 is 1.18 bits per heavy atom. The van der Waals surface area contributed by atoms with Crippen LogP contribution < -0.4 is 5.32 Å². The van der Waals surface area contributed by atoms with Gasteiger partial charge in [0.15, 0.2) is 0 Å². The van der Waals surface area contributed by atoms with Gasteiger partial charge in [0, 0.05) is 25.1 Å². The molecule has 0 radical (unpaired) electrons. The molecule has 10 heteroatoms. The van der Waals surface area contributed by atoms with Crippen molar-refractivity contribution in [1.82, 2.24) is 14.6 Å². The van der Waals surface area contributed by atoms with Gasteiger partial charge in [0.25, 0.3) is 15.9 Å². The molecule has 1 N–H and O–H groups in total. The summed E-state index contributed by atoms with van der Waals surface area (Å²) >= 11 is 0. The number of nitrogens with zero attached hydrogens (tertiary/aromatic N) is 3. The maximum atomic E-state index is 12.7. The number of hydrogen-bond acceptors (Lipinski definition) is 7. The number of hydrogen-bond donors (Lipinski definition) is 1. The second kappa shape index (κ2) is 7.89. The van der Waals surface area contributed by atoms with Crippen molar-refractivity contribution >= 4 is 21.6 Å². The van der Waals surface area contributed by atoms with Gasteiger partial charge in [-0.2, -0.15) is 4.98 Å². The molecule has 0 bridgehead atoms. The van der Waals surface area contributed by atoms with Crippen LogP contribution in [0.2, 0.25) is 0 Å². The van der Waals surface area contributed by atoms with Gasteiger partial charge >= 0.3 is 0 Å². The van der Waals surface area contributed by atoms with E-state index >= 15 is 0 Å². The van der Waals surface area contributed by atoms with Gasteiger partial charge in [-0.1, -0.05) is 27.8 Å². The van der Waals surface area contributed by atoms with Crippen LogP contribution in [0.3, 0.4) is 0 Å². The first-order valence-electron chi connectivity index (χ1n) is 8.17. The smallest absolute Gasteiger partial charge is 0.264 e. The summed E-state index contributed by atoms with van der Waals surface area (Å²) in [5.74, 6) is 0.257. The predicted octanol–water partition coefficient (Wildman–Crippen LogP) is 2.48. The molecule has 0 unspecified atom stereocenters. The lowest BCUT2D eigenvalue weighted by Gasteiger charge is -2.15. The lowest BCUT2D eigenvalue weighted by molar-refractivity contribution is -0.0258. The average Bonchev–Trinajstić information content (AvgIpc) is 3.13. The summed E-state index contributed by atoms with van der Waals surface area (Å²) in [7, 11) is -1.36. The fourth-order valence-corrected chi connectivity index (χ4v) is 3.45. The number of anilines is 1. The molecule has 2 aromatic carbocycles. The molecule has 146 valence electrons. The molecule has 0 aliphatic rings. The van der Waals surface area contributed by atoms with Crippen molar-refractivity contribution in [2.75, 3.05) is 19.5 Å². The second-order valence-electron chi connectivity index (χ2n) is 5.76. The van der Waals surface area contributed by atoms with Crippen LogP contribution in [-0.2, 0) is 14.9 Å². The van der Waals surface area contributed by atoms with Gasteiger partial charge in [0.2, 0.25) is 11.7 Å². The summed E-state index contributed by atoms with van der Waals surface area (Å²) in [6.45, 7) is 1.67. The van der Waals surface area contributed by atoms with Gasteiger partial charge in [0.05, 0.1) is 17.7 Å². The molecule has 0 saturated carbocycles. The summed E-state index contributed by atoms with van der Waals surface area (Å²) in [5.41, 5.74) is 1.22. The fourth-order valence-electron chi connectivity index (χ4n) is 2.43. The molecule has 28 heavy (non-hydrogen) atoms. The molecular weight excluding hydrogens is 384 g/mol. The monoisotopic (exact) mass is 402 g/mol. The van der Waals surface area contributed by atoms with Crippen molar-refractivity contribution in [1.29, 1.82) is 0 Å². The van der Waals surface area contributed by atoms with Crippen LogP contribution in [-0.4, -0.2) is 43.1 Å². The van der Waals surface area contributed by atoms with Crippen LogP contribution in [0.5, 0.6) is 0 Å². The van der Waals surface area contributed by atoms with Crippen LogP contribution in [0.4, 0.5) is 5.69 Å². The van der Waals surface area contributed by atoms with Gasteiger partial charge in [-0.15, -0.1) is 0 Å². The number of sulfonamides is 1. The summed E-state index contributed by atoms with van der Waals surface area (Å²) in [6.07, 6.45) is 0. The maximum Gasteiger partial charge on any atom is 0.264 e. The van der Waals surface area contributed by atoms with Crippen molar-refractivity contribution in [3.05, 3.63) is 60.0 Å². The molecule has 0 aliphatic heterocycles. The molecule has 0 aliphatic carbocycles. The summed E-state index contributed by atoms with van der Waals surface area (Å²) < 4.78 is 30.5. The third-order valence-corrected chi connectivity index (χ3v) is 5.61. The zero-order valence-corrected chi connectivity index (χ0v) is 16.2. The predicted molar refractivity (Wildman–Crippen MR) is 101 cm³/mol. The summed E-state index contributed by atoms with van der Waals surface area (Å²) in [4.78, 5) is 21.6. The Morgan fingerprint density at radius 3 is 2.61 bits per heavy atom. The van der Waals surface area contributed by atoms with Gasteiger partial charge in [-0.05, 0) is 30.3 Å². The molecule has 1 amide bonds. The molecular formula is C18H18N4O5S. The molecule has 0 spiro atoms. The van der Waals surface area contributed by atoms with E-state index in [0.29, 0.717) is 23.0 Å². The normalized spacial score (nSPS) is 11.6. The fraction of sp³-hybridized carbons (Fsp3) is 0.167. The number of carbonyl (C=O) groups excluding carboxylic acids is 1. The van der Waals surface area contributed by atoms with Crippen LogP contribution in [0.1, 0.15) is 16.2 Å². The van der Waals surface area contributed by atoms with Crippen LogP contribution in [0.25, 0.3) is 11.4 Å². The molecule has 3 rings (SSSR count). The first-order chi connectivity index (χ1) is 13.3. The minimum Gasteiger partial charge on any atom is -0.339 e. The van der Waals surface area contributed by atoms with Crippen LogP contribution in [0, 0.1) is 6.92 Å². The SMILES string of the molecule is CON(C)S(=O)(=O)c1cccc(C(=O)Nc2ccccc2-c2noc(C)n2)c1. The van der Waals surface area contributed by atoms with Gasteiger partial charge in [0.1, 0.15) is 0 Å².